The summed E-state index contributed by atoms with van der Waals surface area (Å²) in [6.07, 6.45) is 0.909. The Morgan fingerprint density at radius 2 is 2.00 bits per heavy atom. The molecule has 0 spiro atoms. The fourth-order valence-electron chi connectivity index (χ4n) is 2.44. The molecule has 114 valence electrons. The number of methoxy groups -OCH3 is 1. The van der Waals surface area contributed by atoms with Gasteiger partial charge in [0.15, 0.2) is 0 Å². The van der Waals surface area contributed by atoms with Crippen LogP contribution in [-0.2, 0) is 16.1 Å². The number of nitrogens with zero attached hydrogens (tertiary/aromatic N) is 1. The molecular weight excluding hydrogens is 272 g/mol. The van der Waals surface area contributed by atoms with E-state index in [0.29, 0.717) is 38.0 Å². The highest BCUT2D eigenvalue weighted by Crippen LogP contribution is 2.19. The maximum Gasteiger partial charge on any atom is 0.409 e. The van der Waals surface area contributed by atoms with Gasteiger partial charge in [0.1, 0.15) is 5.75 Å². The monoisotopic (exact) mass is 292 g/mol. The van der Waals surface area contributed by atoms with Crippen LogP contribution >= 0.6 is 0 Å². The molecule has 0 saturated carbocycles. The molecule has 6 nitrogen and oxygen atoms in total. The SMILES string of the molecule is COC(=O)N1CCC(C(=O)NCc2ccccc2O)CC1. The van der Waals surface area contributed by atoms with Crippen molar-refractivity contribution in [2.75, 3.05) is 20.2 Å². The third kappa shape index (κ3) is 3.87. The Morgan fingerprint density at radius 3 is 2.62 bits per heavy atom. The lowest BCUT2D eigenvalue weighted by molar-refractivity contribution is -0.126. The number of piperidine rings is 1. The van der Waals surface area contributed by atoms with Gasteiger partial charge in [-0.2, -0.15) is 0 Å². The summed E-state index contributed by atoms with van der Waals surface area (Å²) >= 11 is 0. The normalized spacial score (nSPS) is 15.6. The van der Waals surface area contributed by atoms with Gasteiger partial charge in [-0.1, -0.05) is 18.2 Å². The second-order valence-electron chi connectivity index (χ2n) is 5.08. The van der Waals surface area contributed by atoms with E-state index in [-0.39, 0.29) is 23.7 Å². The molecule has 0 unspecified atom stereocenters. The first-order valence-corrected chi connectivity index (χ1v) is 6.99. The minimum atomic E-state index is -0.344. The molecule has 1 heterocycles. The van der Waals surface area contributed by atoms with Gasteiger partial charge in [0.05, 0.1) is 7.11 Å². The smallest absolute Gasteiger partial charge is 0.409 e. The first-order chi connectivity index (χ1) is 10.1. The fourth-order valence-corrected chi connectivity index (χ4v) is 2.44. The van der Waals surface area contributed by atoms with Crippen molar-refractivity contribution in [3.8, 4) is 5.75 Å². The Balaban J connectivity index is 1.80. The summed E-state index contributed by atoms with van der Waals surface area (Å²) < 4.78 is 4.66. The molecule has 1 aromatic carbocycles. The quantitative estimate of drug-likeness (QED) is 0.884. The standard InChI is InChI=1S/C15H20N2O4/c1-21-15(20)17-8-6-11(7-9-17)14(19)16-10-12-4-2-3-5-13(12)18/h2-5,11,18H,6-10H2,1H3,(H,16,19). The number of phenolic OH excluding ortho intramolecular Hbond substituents is 1. The summed E-state index contributed by atoms with van der Waals surface area (Å²) in [5.74, 6) is 0.0397. The number of para-hydroxylation sites is 1. The first-order valence-electron chi connectivity index (χ1n) is 6.99. The molecule has 2 N–H and O–H groups in total. The number of carbonyl (C=O) groups is 2. The molecule has 6 heteroatoms. The van der Waals surface area contributed by atoms with Gasteiger partial charge in [-0.05, 0) is 18.9 Å². The van der Waals surface area contributed by atoms with Crippen LogP contribution in [0.3, 0.4) is 0 Å². The van der Waals surface area contributed by atoms with Crippen LogP contribution in [-0.4, -0.2) is 42.2 Å². The van der Waals surface area contributed by atoms with E-state index in [4.69, 9.17) is 0 Å². The Labute approximate surface area is 123 Å². The predicted molar refractivity (Wildman–Crippen MR) is 76.7 cm³/mol. The van der Waals surface area contributed by atoms with Gasteiger partial charge in [-0.25, -0.2) is 4.79 Å². The van der Waals surface area contributed by atoms with Crippen molar-refractivity contribution in [2.45, 2.75) is 19.4 Å². The number of ether oxygens (including phenoxy) is 1. The summed E-state index contributed by atoms with van der Waals surface area (Å²) in [4.78, 5) is 25.1. The number of rotatable bonds is 3. The number of benzene rings is 1. The molecule has 1 saturated heterocycles. The zero-order chi connectivity index (χ0) is 15.2. The molecule has 2 amide bonds. The summed E-state index contributed by atoms with van der Waals surface area (Å²) in [6, 6.07) is 6.92. The molecule has 1 aromatic rings. The van der Waals surface area contributed by atoms with Crippen molar-refractivity contribution in [3.63, 3.8) is 0 Å². The van der Waals surface area contributed by atoms with Crippen LogP contribution < -0.4 is 5.32 Å². The Bertz CT molecular complexity index is 510. The Kier molecular flexibility index (Phi) is 5.03. The van der Waals surface area contributed by atoms with Crippen LogP contribution in [0.25, 0.3) is 0 Å². The van der Waals surface area contributed by atoms with Gasteiger partial charge in [0, 0.05) is 31.1 Å². The first kappa shape index (κ1) is 15.2. The van der Waals surface area contributed by atoms with E-state index >= 15 is 0 Å². The van der Waals surface area contributed by atoms with Crippen molar-refractivity contribution in [2.24, 2.45) is 5.92 Å². The molecule has 0 atom stereocenters. The number of carbonyl (C=O) groups excluding carboxylic acids is 2. The molecule has 0 aromatic heterocycles. The van der Waals surface area contributed by atoms with Crippen LogP contribution in [0.2, 0.25) is 0 Å². The number of phenols is 1. The number of likely N-dealkylation sites (tertiary alicyclic amines) is 1. The van der Waals surface area contributed by atoms with Crippen LogP contribution in [0.4, 0.5) is 4.79 Å². The number of aromatic hydroxyl groups is 1. The minimum Gasteiger partial charge on any atom is -0.508 e. The second kappa shape index (κ2) is 6.97. The maximum atomic E-state index is 12.1. The van der Waals surface area contributed by atoms with Gasteiger partial charge in [-0.15, -0.1) is 0 Å². The highest BCUT2D eigenvalue weighted by atomic mass is 16.5. The average molecular weight is 292 g/mol. The zero-order valence-electron chi connectivity index (χ0n) is 12.0. The second-order valence-corrected chi connectivity index (χ2v) is 5.08. The van der Waals surface area contributed by atoms with Crippen LogP contribution in [0.15, 0.2) is 24.3 Å². The van der Waals surface area contributed by atoms with Gasteiger partial charge >= 0.3 is 6.09 Å². The zero-order valence-corrected chi connectivity index (χ0v) is 12.0. The Hall–Kier alpha value is -2.24. The largest absolute Gasteiger partial charge is 0.508 e. The van der Waals surface area contributed by atoms with Crippen molar-refractivity contribution in [3.05, 3.63) is 29.8 Å². The third-order valence-electron chi connectivity index (χ3n) is 3.74. The van der Waals surface area contributed by atoms with E-state index in [1.807, 2.05) is 6.07 Å². The average Bonchev–Trinajstić information content (AvgIpc) is 2.53. The highest BCUT2D eigenvalue weighted by molar-refractivity contribution is 5.79. The minimum absolute atomic E-state index is 0.0391. The van der Waals surface area contributed by atoms with E-state index in [9.17, 15) is 14.7 Å². The summed E-state index contributed by atoms with van der Waals surface area (Å²) in [5, 5.41) is 12.5. The van der Waals surface area contributed by atoms with Crippen molar-refractivity contribution in [1.29, 1.82) is 0 Å². The van der Waals surface area contributed by atoms with E-state index < -0.39 is 0 Å². The molecule has 21 heavy (non-hydrogen) atoms. The number of nitrogens with one attached hydrogen (secondary N) is 1. The topological polar surface area (TPSA) is 78.9 Å². The molecule has 2 rings (SSSR count). The van der Waals surface area contributed by atoms with Crippen molar-refractivity contribution in [1.82, 2.24) is 10.2 Å². The van der Waals surface area contributed by atoms with Gasteiger partial charge in [0.2, 0.25) is 5.91 Å². The van der Waals surface area contributed by atoms with Gasteiger partial charge < -0.3 is 20.1 Å². The van der Waals surface area contributed by atoms with E-state index in [1.165, 1.54) is 7.11 Å². The maximum absolute atomic E-state index is 12.1. The van der Waals surface area contributed by atoms with Crippen LogP contribution in [0, 0.1) is 5.92 Å². The molecule has 0 radical (unpaired) electrons. The van der Waals surface area contributed by atoms with Gasteiger partial charge in [0.25, 0.3) is 0 Å². The van der Waals surface area contributed by atoms with E-state index in [1.54, 1.807) is 23.1 Å². The van der Waals surface area contributed by atoms with Crippen molar-refractivity contribution < 1.29 is 19.4 Å². The predicted octanol–water partition coefficient (Wildman–Crippen LogP) is 1.49. The Morgan fingerprint density at radius 1 is 1.33 bits per heavy atom. The lowest BCUT2D eigenvalue weighted by Gasteiger charge is -2.30. The number of hydrogen-bond acceptors (Lipinski definition) is 4. The fraction of sp³-hybridized carbons (Fsp3) is 0.467. The highest BCUT2D eigenvalue weighted by Gasteiger charge is 2.27. The van der Waals surface area contributed by atoms with E-state index in [0.717, 1.165) is 0 Å². The molecular formula is C15H20N2O4. The number of amides is 2. The molecule has 0 aliphatic carbocycles. The lowest BCUT2D eigenvalue weighted by atomic mass is 9.96. The van der Waals surface area contributed by atoms with Crippen LogP contribution in [0.5, 0.6) is 5.75 Å². The molecule has 1 fully saturated rings. The van der Waals surface area contributed by atoms with Gasteiger partial charge in [-0.3, -0.25) is 4.79 Å². The molecule has 1 aliphatic rings. The lowest BCUT2D eigenvalue weighted by Crippen LogP contribution is -2.42. The summed E-state index contributed by atoms with van der Waals surface area (Å²) in [6.45, 7) is 1.37. The third-order valence-corrected chi connectivity index (χ3v) is 3.74. The molecule has 0 bridgehead atoms. The summed E-state index contributed by atoms with van der Waals surface area (Å²) in [7, 11) is 1.35. The summed E-state index contributed by atoms with van der Waals surface area (Å²) in [5.41, 5.74) is 0.692. The molecule has 1 aliphatic heterocycles. The van der Waals surface area contributed by atoms with E-state index in [2.05, 4.69) is 10.1 Å². The van der Waals surface area contributed by atoms with Crippen LogP contribution in [0.1, 0.15) is 18.4 Å². The van der Waals surface area contributed by atoms with Crippen molar-refractivity contribution >= 4 is 12.0 Å². The number of hydrogen-bond donors (Lipinski definition) is 2.